The molecule has 0 fully saturated rings. The Morgan fingerprint density at radius 2 is 2.20 bits per heavy atom. The largest absolute Gasteiger partial charge is 0.493 e. The molecule has 0 aliphatic rings. The van der Waals surface area contributed by atoms with E-state index in [0.717, 1.165) is 21.5 Å². The predicted molar refractivity (Wildman–Crippen MR) is 63.0 cm³/mol. The average molecular weight is 267 g/mol. The Kier molecular flexibility index (Phi) is 3.11. The fourth-order valence-corrected chi connectivity index (χ4v) is 1.73. The number of halogens is 1. The standard InChI is InChI=1S/C12H11BrO2/c1-2-14-12-8-9(5-6-10(12)13)11-4-3-7-15-11/h3-8H,2H2,1H3. The van der Waals surface area contributed by atoms with Crippen LogP contribution in [0.5, 0.6) is 5.75 Å². The second-order valence-electron chi connectivity index (χ2n) is 3.06. The molecule has 0 aliphatic heterocycles. The normalized spacial score (nSPS) is 10.3. The first-order chi connectivity index (χ1) is 7.31. The van der Waals surface area contributed by atoms with Crippen molar-refractivity contribution in [3.8, 4) is 17.1 Å². The smallest absolute Gasteiger partial charge is 0.134 e. The van der Waals surface area contributed by atoms with E-state index in [4.69, 9.17) is 9.15 Å². The summed E-state index contributed by atoms with van der Waals surface area (Å²) in [5, 5.41) is 0. The molecule has 2 nitrogen and oxygen atoms in total. The highest BCUT2D eigenvalue weighted by Gasteiger charge is 2.05. The van der Waals surface area contributed by atoms with Gasteiger partial charge in [0.25, 0.3) is 0 Å². The number of hydrogen-bond acceptors (Lipinski definition) is 2. The summed E-state index contributed by atoms with van der Waals surface area (Å²) < 4.78 is 11.8. The Balaban J connectivity index is 2.38. The Bertz CT molecular complexity index is 435. The summed E-state index contributed by atoms with van der Waals surface area (Å²) in [6.07, 6.45) is 1.66. The molecule has 15 heavy (non-hydrogen) atoms. The van der Waals surface area contributed by atoms with Gasteiger partial charge >= 0.3 is 0 Å². The van der Waals surface area contributed by atoms with E-state index in [1.54, 1.807) is 6.26 Å². The second kappa shape index (κ2) is 4.53. The molecule has 1 aromatic carbocycles. The molecule has 0 saturated heterocycles. The van der Waals surface area contributed by atoms with Gasteiger partial charge in [0, 0.05) is 5.56 Å². The number of ether oxygens (including phenoxy) is 1. The van der Waals surface area contributed by atoms with Gasteiger partial charge in [0.2, 0.25) is 0 Å². The first-order valence-electron chi connectivity index (χ1n) is 4.77. The van der Waals surface area contributed by atoms with Gasteiger partial charge in [-0.25, -0.2) is 0 Å². The Hall–Kier alpha value is -1.22. The summed E-state index contributed by atoms with van der Waals surface area (Å²) in [4.78, 5) is 0. The van der Waals surface area contributed by atoms with Gasteiger partial charge < -0.3 is 9.15 Å². The maximum Gasteiger partial charge on any atom is 0.134 e. The van der Waals surface area contributed by atoms with Gasteiger partial charge in [0.15, 0.2) is 0 Å². The maximum absolute atomic E-state index is 5.49. The van der Waals surface area contributed by atoms with Crippen LogP contribution in [0, 0.1) is 0 Å². The Morgan fingerprint density at radius 1 is 1.33 bits per heavy atom. The van der Waals surface area contributed by atoms with Gasteiger partial charge in [-0.2, -0.15) is 0 Å². The lowest BCUT2D eigenvalue weighted by atomic mass is 10.1. The summed E-state index contributed by atoms with van der Waals surface area (Å²) in [6, 6.07) is 9.72. The third kappa shape index (κ3) is 2.23. The molecule has 0 bridgehead atoms. The van der Waals surface area contributed by atoms with Crippen molar-refractivity contribution in [1.82, 2.24) is 0 Å². The van der Waals surface area contributed by atoms with Crippen molar-refractivity contribution in [2.24, 2.45) is 0 Å². The van der Waals surface area contributed by atoms with Crippen LogP contribution in [0.15, 0.2) is 45.5 Å². The number of furan rings is 1. The van der Waals surface area contributed by atoms with Gasteiger partial charge in [-0.3, -0.25) is 0 Å². The predicted octanol–water partition coefficient (Wildman–Crippen LogP) is 4.11. The molecule has 3 heteroatoms. The molecule has 0 N–H and O–H groups in total. The molecule has 0 radical (unpaired) electrons. The molecule has 0 spiro atoms. The zero-order valence-electron chi connectivity index (χ0n) is 8.37. The minimum atomic E-state index is 0.653. The van der Waals surface area contributed by atoms with E-state index in [-0.39, 0.29) is 0 Å². The zero-order chi connectivity index (χ0) is 10.7. The second-order valence-corrected chi connectivity index (χ2v) is 3.91. The summed E-state index contributed by atoms with van der Waals surface area (Å²) in [5.74, 6) is 1.69. The molecule has 1 aromatic heterocycles. The van der Waals surface area contributed by atoms with Crippen LogP contribution in [0.4, 0.5) is 0 Å². The molecule has 0 atom stereocenters. The van der Waals surface area contributed by atoms with Crippen molar-refractivity contribution in [3.05, 3.63) is 41.1 Å². The van der Waals surface area contributed by atoms with Gasteiger partial charge in [-0.15, -0.1) is 0 Å². The van der Waals surface area contributed by atoms with Crippen molar-refractivity contribution in [2.45, 2.75) is 6.92 Å². The lowest BCUT2D eigenvalue weighted by Crippen LogP contribution is -1.92. The number of hydrogen-bond donors (Lipinski definition) is 0. The first-order valence-corrected chi connectivity index (χ1v) is 5.57. The summed E-state index contributed by atoms with van der Waals surface area (Å²) in [7, 11) is 0. The van der Waals surface area contributed by atoms with Gasteiger partial charge in [0.1, 0.15) is 11.5 Å². The number of rotatable bonds is 3. The molecule has 0 unspecified atom stereocenters. The molecular weight excluding hydrogens is 256 g/mol. The van der Waals surface area contributed by atoms with Gasteiger partial charge in [-0.05, 0) is 53.2 Å². The summed E-state index contributed by atoms with van der Waals surface area (Å²) in [6.45, 7) is 2.62. The summed E-state index contributed by atoms with van der Waals surface area (Å²) in [5.41, 5.74) is 1.02. The van der Waals surface area contributed by atoms with E-state index in [1.165, 1.54) is 0 Å². The zero-order valence-corrected chi connectivity index (χ0v) is 9.95. The molecule has 0 amide bonds. The molecule has 78 valence electrons. The van der Waals surface area contributed by atoms with Crippen molar-refractivity contribution in [3.63, 3.8) is 0 Å². The minimum absolute atomic E-state index is 0.653. The Labute approximate surface area is 97.0 Å². The minimum Gasteiger partial charge on any atom is -0.493 e. The molecule has 2 rings (SSSR count). The topological polar surface area (TPSA) is 22.4 Å². The van der Waals surface area contributed by atoms with Crippen molar-refractivity contribution < 1.29 is 9.15 Å². The Morgan fingerprint density at radius 3 is 2.87 bits per heavy atom. The van der Waals surface area contributed by atoms with Crippen LogP contribution < -0.4 is 4.74 Å². The highest BCUT2D eigenvalue weighted by Crippen LogP contribution is 2.30. The van der Waals surface area contributed by atoms with Crippen LogP contribution in [0.1, 0.15) is 6.92 Å². The summed E-state index contributed by atoms with van der Waals surface area (Å²) >= 11 is 3.44. The maximum atomic E-state index is 5.49. The lowest BCUT2D eigenvalue weighted by molar-refractivity contribution is 0.338. The SMILES string of the molecule is CCOc1cc(-c2ccco2)ccc1Br. The third-order valence-electron chi connectivity index (χ3n) is 2.04. The molecule has 2 aromatic rings. The quantitative estimate of drug-likeness (QED) is 0.835. The average Bonchev–Trinajstić information content (AvgIpc) is 2.75. The highest BCUT2D eigenvalue weighted by molar-refractivity contribution is 9.10. The number of benzene rings is 1. The lowest BCUT2D eigenvalue weighted by Gasteiger charge is -2.06. The fraction of sp³-hybridized carbons (Fsp3) is 0.167. The van der Waals surface area contributed by atoms with Crippen LogP contribution in [0.3, 0.4) is 0 Å². The van der Waals surface area contributed by atoms with E-state index >= 15 is 0 Å². The molecule has 0 saturated carbocycles. The first kappa shape index (κ1) is 10.3. The third-order valence-corrected chi connectivity index (χ3v) is 2.69. The van der Waals surface area contributed by atoms with Gasteiger partial charge in [-0.1, -0.05) is 0 Å². The van der Waals surface area contributed by atoms with E-state index < -0.39 is 0 Å². The van der Waals surface area contributed by atoms with Crippen LogP contribution in [0.25, 0.3) is 11.3 Å². The van der Waals surface area contributed by atoms with Crippen molar-refractivity contribution in [2.75, 3.05) is 6.61 Å². The van der Waals surface area contributed by atoms with Crippen LogP contribution in [-0.2, 0) is 0 Å². The van der Waals surface area contributed by atoms with Gasteiger partial charge in [0.05, 0.1) is 17.3 Å². The van der Waals surface area contributed by atoms with Crippen molar-refractivity contribution >= 4 is 15.9 Å². The van der Waals surface area contributed by atoms with Crippen LogP contribution >= 0.6 is 15.9 Å². The monoisotopic (exact) mass is 266 g/mol. The fourth-order valence-electron chi connectivity index (χ4n) is 1.37. The van der Waals surface area contributed by atoms with E-state index in [1.807, 2.05) is 37.3 Å². The molecular formula is C12H11BrO2. The van der Waals surface area contributed by atoms with E-state index in [0.29, 0.717) is 6.61 Å². The highest BCUT2D eigenvalue weighted by atomic mass is 79.9. The molecule has 1 heterocycles. The van der Waals surface area contributed by atoms with E-state index in [9.17, 15) is 0 Å². The van der Waals surface area contributed by atoms with Crippen molar-refractivity contribution in [1.29, 1.82) is 0 Å². The molecule has 0 aliphatic carbocycles. The van der Waals surface area contributed by atoms with Crippen LogP contribution in [-0.4, -0.2) is 6.61 Å². The van der Waals surface area contributed by atoms with Crippen LogP contribution in [0.2, 0.25) is 0 Å². The van der Waals surface area contributed by atoms with E-state index in [2.05, 4.69) is 15.9 Å².